The largest absolute Gasteiger partial charge is 0.332 e. The van der Waals surface area contributed by atoms with Gasteiger partial charge in [-0.25, -0.2) is 4.39 Å². The number of nitrogens with zero attached hydrogens (tertiary/aromatic N) is 2. The molecule has 1 rings (SSSR count). The van der Waals surface area contributed by atoms with Gasteiger partial charge in [-0.1, -0.05) is 12.1 Å². The first kappa shape index (κ1) is 8.52. The molecule has 0 atom stereocenters. The fourth-order valence-electron chi connectivity index (χ4n) is 0.900. The summed E-state index contributed by atoms with van der Waals surface area (Å²) in [6.45, 7) is 0. The highest BCUT2D eigenvalue weighted by Crippen LogP contribution is 2.15. The molecule has 0 amide bonds. The molecule has 0 saturated carbocycles. The number of hydrogen-bond donors (Lipinski definition) is 1. The highest BCUT2D eigenvalue weighted by Gasteiger charge is 2.02. The number of rotatable bonds is 2. The summed E-state index contributed by atoms with van der Waals surface area (Å²) in [5.41, 5.74) is 0.451. The van der Waals surface area contributed by atoms with Crippen LogP contribution in [0.4, 0.5) is 10.1 Å². The second kappa shape index (κ2) is 3.71. The predicted molar refractivity (Wildman–Crippen MR) is 47.5 cm³/mol. The number of nitrogens with two attached hydrogens (primary N) is 1. The van der Waals surface area contributed by atoms with Gasteiger partial charge in [0.15, 0.2) is 0 Å². The van der Waals surface area contributed by atoms with Crippen molar-refractivity contribution in [2.45, 2.75) is 0 Å². The minimum atomic E-state index is -0.292. The molecule has 0 aliphatic carbocycles. The van der Waals surface area contributed by atoms with Gasteiger partial charge < -0.3 is 10.7 Å². The molecule has 0 aliphatic rings. The summed E-state index contributed by atoms with van der Waals surface area (Å²) in [4.78, 5) is 1.51. The maximum atomic E-state index is 13.0. The number of benzene rings is 1. The van der Waals surface area contributed by atoms with Gasteiger partial charge in [0, 0.05) is 7.05 Å². The Bertz CT molecular complexity index is 285. The third-order valence-electron chi connectivity index (χ3n) is 1.47. The lowest BCUT2D eigenvalue weighted by atomic mass is 10.3. The van der Waals surface area contributed by atoms with Crippen molar-refractivity contribution in [3.8, 4) is 0 Å². The average molecular weight is 167 g/mol. The van der Waals surface area contributed by atoms with Gasteiger partial charge in [-0.15, -0.1) is 0 Å². The molecule has 0 radical (unpaired) electrons. The van der Waals surface area contributed by atoms with E-state index < -0.39 is 0 Å². The molecule has 0 aromatic heterocycles. The monoisotopic (exact) mass is 167 g/mol. The summed E-state index contributed by atoms with van der Waals surface area (Å²) >= 11 is 0. The van der Waals surface area contributed by atoms with Crippen LogP contribution in [0.25, 0.3) is 0 Å². The van der Waals surface area contributed by atoms with Crippen molar-refractivity contribution in [2.75, 3.05) is 11.9 Å². The summed E-state index contributed by atoms with van der Waals surface area (Å²) in [5, 5.41) is 3.29. The second-order valence-electron chi connectivity index (χ2n) is 2.33. The van der Waals surface area contributed by atoms with E-state index in [0.717, 1.165) is 0 Å². The Morgan fingerprint density at radius 2 is 2.17 bits per heavy atom. The zero-order valence-electron chi connectivity index (χ0n) is 6.74. The van der Waals surface area contributed by atoms with Gasteiger partial charge in [0.05, 0.1) is 5.69 Å². The molecule has 0 unspecified atom stereocenters. The highest BCUT2D eigenvalue weighted by molar-refractivity contribution is 5.78. The van der Waals surface area contributed by atoms with E-state index in [1.807, 2.05) is 0 Å². The van der Waals surface area contributed by atoms with Crippen molar-refractivity contribution in [1.82, 2.24) is 0 Å². The van der Waals surface area contributed by atoms with Crippen LogP contribution >= 0.6 is 0 Å². The van der Waals surface area contributed by atoms with Crippen LogP contribution < -0.4 is 10.7 Å². The number of para-hydroxylation sites is 1. The lowest BCUT2D eigenvalue weighted by molar-refractivity contribution is 0.628. The zero-order valence-corrected chi connectivity index (χ0v) is 6.74. The quantitative estimate of drug-likeness (QED) is 0.311. The molecule has 64 valence electrons. The van der Waals surface area contributed by atoms with Gasteiger partial charge in [-0.3, -0.25) is 0 Å². The van der Waals surface area contributed by atoms with Crippen molar-refractivity contribution in [1.29, 1.82) is 0 Å². The third-order valence-corrected chi connectivity index (χ3v) is 1.47. The average Bonchev–Trinajstić information content (AvgIpc) is 2.05. The van der Waals surface area contributed by atoms with Gasteiger partial charge in [0.2, 0.25) is 0 Å². The first-order chi connectivity index (χ1) is 5.75. The van der Waals surface area contributed by atoms with Gasteiger partial charge in [-0.05, 0) is 12.1 Å². The van der Waals surface area contributed by atoms with Gasteiger partial charge in [0.25, 0.3) is 0 Å². The molecule has 0 spiro atoms. The molecule has 0 heterocycles. The lowest BCUT2D eigenvalue weighted by Gasteiger charge is -2.12. The molecule has 0 fully saturated rings. The van der Waals surface area contributed by atoms with Gasteiger partial charge >= 0.3 is 0 Å². The van der Waals surface area contributed by atoms with Crippen LogP contribution in [0.5, 0.6) is 0 Å². The van der Waals surface area contributed by atoms with Crippen molar-refractivity contribution < 1.29 is 4.39 Å². The van der Waals surface area contributed by atoms with E-state index in [-0.39, 0.29) is 5.82 Å². The van der Waals surface area contributed by atoms with E-state index in [1.54, 1.807) is 25.2 Å². The van der Waals surface area contributed by atoms with Crippen LogP contribution in [0.1, 0.15) is 0 Å². The summed E-state index contributed by atoms with van der Waals surface area (Å²) in [6, 6.07) is 6.42. The highest BCUT2D eigenvalue weighted by atomic mass is 19.1. The van der Waals surface area contributed by atoms with E-state index in [4.69, 9.17) is 5.84 Å². The summed E-state index contributed by atoms with van der Waals surface area (Å²) in [6.07, 6.45) is 1.35. The minimum absolute atomic E-state index is 0.292. The van der Waals surface area contributed by atoms with Crippen LogP contribution in [-0.4, -0.2) is 13.4 Å². The Balaban J connectivity index is 2.94. The second-order valence-corrected chi connectivity index (χ2v) is 2.33. The predicted octanol–water partition coefficient (Wildman–Crippen LogP) is 1.16. The number of hydrazone groups is 1. The van der Waals surface area contributed by atoms with Crippen molar-refractivity contribution in [2.24, 2.45) is 10.9 Å². The fraction of sp³-hybridized carbons (Fsp3) is 0.125. The van der Waals surface area contributed by atoms with Crippen LogP contribution in [0.15, 0.2) is 29.4 Å². The molecular weight excluding hydrogens is 157 g/mol. The summed E-state index contributed by atoms with van der Waals surface area (Å²) in [7, 11) is 1.68. The third kappa shape index (κ3) is 1.72. The van der Waals surface area contributed by atoms with E-state index in [9.17, 15) is 4.39 Å². The molecule has 3 nitrogen and oxygen atoms in total. The maximum Gasteiger partial charge on any atom is 0.146 e. The molecule has 0 bridgehead atoms. The van der Waals surface area contributed by atoms with Crippen molar-refractivity contribution in [3.05, 3.63) is 30.1 Å². The summed E-state index contributed by atoms with van der Waals surface area (Å²) in [5.74, 6) is 4.63. The molecule has 4 heteroatoms. The molecule has 1 aromatic rings. The molecular formula is C8H10FN3. The Hall–Kier alpha value is -1.58. The standard InChI is InChI=1S/C8H10FN3/c1-12(6-11-10)8-5-3-2-4-7(8)9/h2-6H,10H2,1H3. The Morgan fingerprint density at radius 1 is 1.50 bits per heavy atom. The molecule has 0 aliphatic heterocycles. The Kier molecular flexibility index (Phi) is 2.63. The van der Waals surface area contributed by atoms with E-state index in [0.29, 0.717) is 5.69 Å². The van der Waals surface area contributed by atoms with Gasteiger partial charge in [0.1, 0.15) is 12.2 Å². The first-order valence-electron chi connectivity index (χ1n) is 3.46. The normalized spacial score (nSPS) is 10.5. The lowest BCUT2D eigenvalue weighted by Crippen LogP contribution is -2.16. The molecule has 0 saturated heterocycles. The SMILES string of the molecule is CN(C=NN)c1ccccc1F. The fourth-order valence-corrected chi connectivity index (χ4v) is 0.900. The molecule has 2 N–H and O–H groups in total. The molecule has 1 aromatic carbocycles. The van der Waals surface area contributed by atoms with E-state index >= 15 is 0 Å². The molecule has 12 heavy (non-hydrogen) atoms. The van der Waals surface area contributed by atoms with Crippen LogP contribution in [0, 0.1) is 5.82 Å². The first-order valence-corrected chi connectivity index (χ1v) is 3.46. The minimum Gasteiger partial charge on any atom is -0.332 e. The topological polar surface area (TPSA) is 41.6 Å². The van der Waals surface area contributed by atoms with Crippen LogP contribution in [0.2, 0.25) is 0 Å². The summed E-state index contributed by atoms with van der Waals surface area (Å²) < 4.78 is 13.0. The van der Waals surface area contributed by atoms with E-state index in [2.05, 4.69) is 5.10 Å². The van der Waals surface area contributed by atoms with Gasteiger partial charge in [-0.2, -0.15) is 5.10 Å². The van der Waals surface area contributed by atoms with Crippen molar-refractivity contribution >= 4 is 12.0 Å². The van der Waals surface area contributed by atoms with Crippen molar-refractivity contribution in [3.63, 3.8) is 0 Å². The number of anilines is 1. The van der Waals surface area contributed by atoms with Crippen LogP contribution in [0.3, 0.4) is 0 Å². The Morgan fingerprint density at radius 3 is 2.75 bits per heavy atom. The van der Waals surface area contributed by atoms with E-state index in [1.165, 1.54) is 17.3 Å². The smallest absolute Gasteiger partial charge is 0.146 e. The number of hydrogen-bond acceptors (Lipinski definition) is 2. The Labute approximate surface area is 70.3 Å². The van der Waals surface area contributed by atoms with Crippen LogP contribution in [-0.2, 0) is 0 Å². The number of halogens is 1. The maximum absolute atomic E-state index is 13.0. The zero-order chi connectivity index (χ0) is 8.97.